The van der Waals surface area contributed by atoms with E-state index in [-0.39, 0.29) is 29.4 Å². The Bertz CT molecular complexity index is 1240. The summed E-state index contributed by atoms with van der Waals surface area (Å²) >= 11 is 0. The molecule has 2 atom stereocenters. The number of halogens is 1. The molecule has 5 rings (SSSR count). The Hall–Kier alpha value is -3.26. The fourth-order valence-corrected chi connectivity index (χ4v) is 4.49. The summed E-state index contributed by atoms with van der Waals surface area (Å²) in [6.45, 7) is 5.70. The Morgan fingerprint density at radius 3 is 2.87 bits per heavy atom. The number of benzene rings is 1. The Labute approximate surface area is 178 Å². The molecule has 1 aromatic carbocycles. The average Bonchev–Trinajstić information content (AvgIpc) is 3.07. The van der Waals surface area contributed by atoms with Crippen LogP contribution in [0.1, 0.15) is 29.8 Å². The van der Waals surface area contributed by atoms with Crippen LogP contribution < -0.4 is 15.4 Å². The number of hydrogen-bond donors (Lipinski definition) is 0. The first-order valence-electron chi connectivity index (χ1n) is 10.4. The molecule has 31 heavy (non-hydrogen) atoms. The maximum Gasteiger partial charge on any atom is 0.262 e. The van der Waals surface area contributed by atoms with Crippen molar-refractivity contribution in [2.24, 2.45) is 0 Å². The minimum atomic E-state index is -0.387. The third-order valence-corrected chi connectivity index (χ3v) is 5.95. The SMILES string of the molecule is CC1CN(c2cc(=O)n3cccc(C(=O)N4c5cc(F)ccc5CC4C)c3n2)CCO1. The molecule has 160 valence electrons. The van der Waals surface area contributed by atoms with Gasteiger partial charge in [0.1, 0.15) is 11.6 Å². The molecule has 7 nitrogen and oxygen atoms in total. The Kier molecular flexibility index (Phi) is 4.74. The Morgan fingerprint density at radius 1 is 1.23 bits per heavy atom. The number of pyridine rings is 1. The summed E-state index contributed by atoms with van der Waals surface area (Å²) in [6.07, 6.45) is 2.28. The predicted molar refractivity (Wildman–Crippen MR) is 115 cm³/mol. The van der Waals surface area contributed by atoms with E-state index in [1.165, 1.54) is 22.6 Å². The zero-order valence-corrected chi connectivity index (χ0v) is 17.4. The number of fused-ring (bicyclic) bond motifs is 2. The molecule has 1 amide bonds. The summed E-state index contributed by atoms with van der Waals surface area (Å²) in [5.41, 5.74) is 1.85. The van der Waals surface area contributed by atoms with E-state index in [4.69, 9.17) is 9.72 Å². The van der Waals surface area contributed by atoms with E-state index < -0.39 is 0 Å². The summed E-state index contributed by atoms with van der Waals surface area (Å²) in [5, 5.41) is 0. The van der Waals surface area contributed by atoms with E-state index in [0.29, 0.717) is 48.8 Å². The molecule has 0 N–H and O–H groups in total. The van der Waals surface area contributed by atoms with Crippen molar-refractivity contribution in [2.45, 2.75) is 32.4 Å². The average molecular weight is 422 g/mol. The van der Waals surface area contributed by atoms with Crippen LogP contribution in [0.25, 0.3) is 5.65 Å². The van der Waals surface area contributed by atoms with Crippen LogP contribution >= 0.6 is 0 Å². The van der Waals surface area contributed by atoms with Crippen molar-refractivity contribution in [2.75, 3.05) is 29.5 Å². The minimum Gasteiger partial charge on any atom is -0.375 e. The fourth-order valence-electron chi connectivity index (χ4n) is 4.49. The van der Waals surface area contributed by atoms with Gasteiger partial charge in [-0.25, -0.2) is 9.37 Å². The van der Waals surface area contributed by atoms with Gasteiger partial charge in [0.25, 0.3) is 11.5 Å². The molecule has 0 bridgehead atoms. The van der Waals surface area contributed by atoms with Crippen molar-refractivity contribution >= 4 is 23.1 Å². The van der Waals surface area contributed by atoms with Crippen molar-refractivity contribution in [3.05, 3.63) is 69.9 Å². The van der Waals surface area contributed by atoms with Gasteiger partial charge in [0.15, 0.2) is 5.65 Å². The van der Waals surface area contributed by atoms with Crippen LogP contribution in [0.3, 0.4) is 0 Å². The van der Waals surface area contributed by atoms with Gasteiger partial charge in [-0.15, -0.1) is 0 Å². The number of aromatic nitrogens is 2. The molecule has 2 aliphatic rings. The van der Waals surface area contributed by atoms with Gasteiger partial charge in [0.2, 0.25) is 0 Å². The van der Waals surface area contributed by atoms with Crippen LogP contribution in [0, 0.1) is 5.82 Å². The van der Waals surface area contributed by atoms with Gasteiger partial charge in [0, 0.05) is 31.4 Å². The first-order valence-corrected chi connectivity index (χ1v) is 10.4. The molecule has 0 spiro atoms. The molecule has 1 saturated heterocycles. The maximum atomic E-state index is 13.9. The molecule has 3 aromatic rings. The number of ether oxygens (including phenoxy) is 1. The summed E-state index contributed by atoms with van der Waals surface area (Å²) in [6, 6.07) is 9.21. The maximum absolute atomic E-state index is 13.9. The van der Waals surface area contributed by atoms with Crippen LogP contribution in [0.2, 0.25) is 0 Å². The van der Waals surface area contributed by atoms with Crippen LogP contribution in [0.5, 0.6) is 0 Å². The first-order chi connectivity index (χ1) is 14.9. The summed E-state index contributed by atoms with van der Waals surface area (Å²) in [4.78, 5) is 34.7. The van der Waals surface area contributed by atoms with Crippen molar-refractivity contribution in [3.63, 3.8) is 0 Å². The lowest BCUT2D eigenvalue weighted by Gasteiger charge is -2.32. The number of amides is 1. The normalized spacial score (nSPS) is 20.9. The fraction of sp³-hybridized carbons (Fsp3) is 0.348. The highest BCUT2D eigenvalue weighted by Crippen LogP contribution is 2.34. The zero-order valence-electron chi connectivity index (χ0n) is 17.4. The van der Waals surface area contributed by atoms with Crippen LogP contribution in [0.4, 0.5) is 15.9 Å². The molecule has 0 radical (unpaired) electrons. The highest BCUT2D eigenvalue weighted by atomic mass is 19.1. The van der Waals surface area contributed by atoms with Crippen molar-refractivity contribution in [1.29, 1.82) is 0 Å². The number of rotatable bonds is 2. The van der Waals surface area contributed by atoms with Gasteiger partial charge in [-0.3, -0.25) is 14.0 Å². The number of hydrogen-bond acceptors (Lipinski definition) is 5. The van der Waals surface area contributed by atoms with Crippen molar-refractivity contribution in [1.82, 2.24) is 9.38 Å². The molecule has 1 fully saturated rings. The van der Waals surface area contributed by atoms with Crippen LogP contribution in [-0.4, -0.2) is 47.1 Å². The summed E-state index contributed by atoms with van der Waals surface area (Å²) in [7, 11) is 0. The number of nitrogens with zero attached hydrogens (tertiary/aromatic N) is 4. The van der Waals surface area contributed by atoms with Crippen molar-refractivity contribution < 1.29 is 13.9 Å². The molecule has 0 aliphatic carbocycles. The molecule has 8 heteroatoms. The Balaban J connectivity index is 1.61. The van der Waals surface area contributed by atoms with E-state index in [2.05, 4.69) is 0 Å². The van der Waals surface area contributed by atoms with Gasteiger partial charge in [-0.1, -0.05) is 6.07 Å². The summed E-state index contributed by atoms with van der Waals surface area (Å²) < 4.78 is 20.9. The smallest absolute Gasteiger partial charge is 0.262 e. The van der Waals surface area contributed by atoms with E-state index >= 15 is 0 Å². The largest absolute Gasteiger partial charge is 0.375 e. The van der Waals surface area contributed by atoms with E-state index in [1.807, 2.05) is 18.7 Å². The van der Waals surface area contributed by atoms with E-state index in [9.17, 15) is 14.0 Å². The van der Waals surface area contributed by atoms with E-state index in [1.54, 1.807) is 29.3 Å². The molecular formula is C23H23FN4O3. The third kappa shape index (κ3) is 3.37. The Morgan fingerprint density at radius 2 is 2.06 bits per heavy atom. The molecule has 2 aliphatic heterocycles. The van der Waals surface area contributed by atoms with Gasteiger partial charge in [-0.2, -0.15) is 0 Å². The second-order valence-electron chi connectivity index (χ2n) is 8.20. The second kappa shape index (κ2) is 7.46. The number of anilines is 2. The molecule has 0 saturated carbocycles. The highest BCUT2D eigenvalue weighted by molar-refractivity contribution is 6.11. The lowest BCUT2D eigenvalue weighted by atomic mass is 10.1. The van der Waals surface area contributed by atoms with Gasteiger partial charge >= 0.3 is 0 Å². The van der Waals surface area contributed by atoms with Crippen LogP contribution in [0.15, 0.2) is 47.4 Å². The number of carbonyl (C=O) groups is 1. The molecule has 2 unspecified atom stereocenters. The predicted octanol–water partition coefficient (Wildman–Crippen LogP) is 2.65. The topological polar surface area (TPSA) is 67.2 Å². The van der Waals surface area contributed by atoms with Crippen molar-refractivity contribution in [3.8, 4) is 0 Å². The molecule has 4 heterocycles. The zero-order chi connectivity index (χ0) is 21.7. The van der Waals surface area contributed by atoms with E-state index in [0.717, 1.165) is 5.56 Å². The lowest BCUT2D eigenvalue weighted by molar-refractivity contribution is 0.0529. The monoisotopic (exact) mass is 422 g/mol. The standard InChI is InChI=1S/C23H23FN4O3/c1-14-10-16-5-6-17(24)11-19(16)28(14)23(30)18-4-3-7-27-21(29)12-20(25-22(18)27)26-8-9-31-15(2)13-26/h3-7,11-12,14-15H,8-10,13H2,1-2H3. The second-order valence-corrected chi connectivity index (χ2v) is 8.20. The number of morpholine rings is 1. The summed E-state index contributed by atoms with van der Waals surface area (Å²) in [5.74, 6) is -0.155. The number of carbonyl (C=O) groups excluding carboxylic acids is 1. The lowest BCUT2D eigenvalue weighted by Crippen LogP contribution is -2.42. The van der Waals surface area contributed by atoms with Gasteiger partial charge in [0.05, 0.1) is 24.0 Å². The minimum absolute atomic E-state index is 0.0303. The first kappa shape index (κ1) is 19.7. The molecular weight excluding hydrogens is 399 g/mol. The third-order valence-electron chi connectivity index (χ3n) is 5.95. The quantitative estimate of drug-likeness (QED) is 0.635. The van der Waals surface area contributed by atoms with Crippen LogP contribution in [-0.2, 0) is 11.2 Å². The molecule has 2 aromatic heterocycles. The highest BCUT2D eigenvalue weighted by Gasteiger charge is 2.33. The van der Waals surface area contributed by atoms with Gasteiger partial charge in [-0.05, 0) is 50.1 Å². The van der Waals surface area contributed by atoms with Gasteiger partial charge < -0.3 is 14.5 Å².